The summed E-state index contributed by atoms with van der Waals surface area (Å²) in [7, 11) is 0. The summed E-state index contributed by atoms with van der Waals surface area (Å²) in [4.78, 5) is 14.3. The molecule has 0 saturated heterocycles. The zero-order chi connectivity index (χ0) is 14.5. The van der Waals surface area contributed by atoms with Crippen LogP contribution in [0.15, 0.2) is 17.7 Å². The number of carbonyl (C=O) groups is 1. The maximum Gasteiger partial charge on any atom is 0.262 e. The van der Waals surface area contributed by atoms with Crippen molar-refractivity contribution >= 4 is 23.3 Å². The number of nitriles is 1. The van der Waals surface area contributed by atoms with Gasteiger partial charge in [-0.25, -0.2) is 0 Å². The fourth-order valence-corrected chi connectivity index (χ4v) is 3.42. The minimum Gasteiger partial charge on any atom is -0.348 e. The normalized spacial score (nSPS) is 23.1. The predicted molar refractivity (Wildman–Crippen MR) is 82.2 cm³/mol. The van der Waals surface area contributed by atoms with Crippen LogP contribution in [0.25, 0.3) is 6.08 Å². The number of hydrogen-bond acceptors (Lipinski definition) is 3. The van der Waals surface area contributed by atoms with Crippen molar-refractivity contribution < 1.29 is 4.79 Å². The molecule has 1 aliphatic carbocycles. The van der Waals surface area contributed by atoms with E-state index in [0.29, 0.717) is 5.92 Å². The minimum atomic E-state index is -0.239. The first-order chi connectivity index (χ1) is 9.60. The Kier molecular flexibility index (Phi) is 4.97. The maximum absolute atomic E-state index is 12.2. The van der Waals surface area contributed by atoms with E-state index in [1.165, 1.54) is 11.3 Å². The molecule has 1 heterocycles. The molecule has 1 aromatic rings. The number of nitrogens with zero attached hydrogens (tertiary/aromatic N) is 1. The summed E-state index contributed by atoms with van der Waals surface area (Å²) in [6.45, 7) is 4.18. The Bertz CT molecular complexity index is 553. The summed E-state index contributed by atoms with van der Waals surface area (Å²) >= 11 is 1.59. The Hall–Kier alpha value is -1.60. The molecule has 0 radical (unpaired) electrons. The smallest absolute Gasteiger partial charge is 0.262 e. The Morgan fingerprint density at radius 1 is 1.45 bits per heavy atom. The van der Waals surface area contributed by atoms with Crippen LogP contribution in [0.5, 0.6) is 0 Å². The van der Waals surface area contributed by atoms with E-state index in [1.54, 1.807) is 17.4 Å². The molecule has 1 aliphatic rings. The van der Waals surface area contributed by atoms with Gasteiger partial charge < -0.3 is 5.32 Å². The standard InChI is InChI=1S/C16H20N2OS/c1-11-5-3-4-6-15(11)18-16(19)13(10-17)9-14-8-7-12(2)20-14/h7-9,11,15H,3-6H2,1-2H3,(H,18,19)/b13-9-. The molecule has 0 aromatic carbocycles. The van der Waals surface area contributed by atoms with Gasteiger partial charge in [-0.2, -0.15) is 5.26 Å². The van der Waals surface area contributed by atoms with E-state index in [2.05, 4.69) is 12.2 Å². The SMILES string of the molecule is Cc1ccc(/C=C(/C#N)C(=O)NC2CCCCC2C)s1. The average Bonchev–Trinajstić information content (AvgIpc) is 2.84. The molecular formula is C16H20N2OS. The van der Waals surface area contributed by atoms with Crippen molar-refractivity contribution in [2.45, 2.75) is 45.6 Å². The van der Waals surface area contributed by atoms with Gasteiger partial charge in [-0.05, 0) is 43.9 Å². The van der Waals surface area contributed by atoms with Crippen LogP contribution in [0, 0.1) is 24.2 Å². The van der Waals surface area contributed by atoms with E-state index in [4.69, 9.17) is 0 Å². The summed E-state index contributed by atoms with van der Waals surface area (Å²) in [5, 5.41) is 12.2. The van der Waals surface area contributed by atoms with Crippen molar-refractivity contribution in [3.8, 4) is 6.07 Å². The van der Waals surface area contributed by atoms with Gasteiger partial charge in [-0.1, -0.05) is 19.8 Å². The lowest BCUT2D eigenvalue weighted by Gasteiger charge is -2.29. The molecule has 0 spiro atoms. The van der Waals surface area contributed by atoms with Crippen LogP contribution in [0.3, 0.4) is 0 Å². The van der Waals surface area contributed by atoms with E-state index in [-0.39, 0.29) is 17.5 Å². The lowest BCUT2D eigenvalue weighted by molar-refractivity contribution is -0.118. The molecule has 2 atom stereocenters. The fraction of sp³-hybridized carbons (Fsp3) is 0.500. The first kappa shape index (κ1) is 14.8. The number of carbonyl (C=O) groups excluding carboxylic acids is 1. The molecule has 0 aliphatic heterocycles. The van der Waals surface area contributed by atoms with E-state index >= 15 is 0 Å². The monoisotopic (exact) mass is 288 g/mol. The number of aryl methyl sites for hydroxylation is 1. The van der Waals surface area contributed by atoms with Gasteiger partial charge >= 0.3 is 0 Å². The zero-order valence-electron chi connectivity index (χ0n) is 12.0. The third-order valence-corrected chi connectivity index (χ3v) is 4.79. The number of thiophene rings is 1. The summed E-state index contributed by atoms with van der Waals surface area (Å²) in [5.74, 6) is 0.258. The van der Waals surface area contributed by atoms with Gasteiger partial charge in [0, 0.05) is 15.8 Å². The second-order valence-corrected chi connectivity index (χ2v) is 6.78. The van der Waals surface area contributed by atoms with Crippen molar-refractivity contribution in [1.82, 2.24) is 5.32 Å². The van der Waals surface area contributed by atoms with Gasteiger partial charge in [-0.15, -0.1) is 11.3 Å². The number of nitrogens with one attached hydrogen (secondary N) is 1. The third-order valence-electron chi connectivity index (χ3n) is 3.84. The molecule has 3 nitrogen and oxygen atoms in total. The third kappa shape index (κ3) is 3.71. The van der Waals surface area contributed by atoms with Crippen LogP contribution >= 0.6 is 11.3 Å². The zero-order valence-corrected chi connectivity index (χ0v) is 12.8. The van der Waals surface area contributed by atoms with Gasteiger partial charge in [0.1, 0.15) is 11.6 Å². The van der Waals surface area contributed by atoms with E-state index < -0.39 is 0 Å². The molecule has 0 bridgehead atoms. The Labute approximate surface area is 124 Å². The Balaban J connectivity index is 2.06. The van der Waals surface area contributed by atoms with Gasteiger partial charge in [-0.3, -0.25) is 4.79 Å². The van der Waals surface area contributed by atoms with Gasteiger partial charge in [0.2, 0.25) is 0 Å². The first-order valence-corrected chi connectivity index (χ1v) is 7.91. The second-order valence-electron chi connectivity index (χ2n) is 5.46. The van der Waals surface area contributed by atoms with Gasteiger partial charge in [0.25, 0.3) is 5.91 Å². The highest BCUT2D eigenvalue weighted by atomic mass is 32.1. The Morgan fingerprint density at radius 2 is 2.20 bits per heavy atom. The maximum atomic E-state index is 12.2. The van der Waals surface area contributed by atoms with Crippen LogP contribution in [-0.2, 0) is 4.79 Å². The highest BCUT2D eigenvalue weighted by Crippen LogP contribution is 2.24. The van der Waals surface area contributed by atoms with E-state index in [1.807, 2.05) is 25.1 Å². The van der Waals surface area contributed by atoms with Crippen molar-refractivity contribution in [1.29, 1.82) is 5.26 Å². The number of amides is 1. The summed E-state index contributed by atoms with van der Waals surface area (Å²) in [6.07, 6.45) is 6.25. The molecule has 1 amide bonds. The summed E-state index contributed by atoms with van der Waals surface area (Å²) in [6, 6.07) is 6.16. The summed E-state index contributed by atoms with van der Waals surface area (Å²) < 4.78 is 0. The topological polar surface area (TPSA) is 52.9 Å². The number of hydrogen-bond donors (Lipinski definition) is 1. The molecule has 2 rings (SSSR count). The molecule has 106 valence electrons. The number of rotatable bonds is 3. The second kappa shape index (κ2) is 6.71. The van der Waals surface area contributed by atoms with Crippen molar-refractivity contribution in [2.24, 2.45) is 5.92 Å². The lowest BCUT2D eigenvalue weighted by Crippen LogP contribution is -2.41. The average molecular weight is 288 g/mol. The Morgan fingerprint density at radius 3 is 2.80 bits per heavy atom. The molecular weight excluding hydrogens is 268 g/mol. The van der Waals surface area contributed by atoms with Crippen LogP contribution < -0.4 is 5.32 Å². The molecule has 1 saturated carbocycles. The largest absolute Gasteiger partial charge is 0.348 e. The van der Waals surface area contributed by atoms with Crippen molar-refractivity contribution in [2.75, 3.05) is 0 Å². The van der Waals surface area contributed by atoms with E-state index in [0.717, 1.165) is 24.1 Å². The quantitative estimate of drug-likeness (QED) is 0.681. The summed E-state index contributed by atoms with van der Waals surface area (Å²) in [5.41, 5.74) is 0.199. The van der Waals surface area contributed by atoms with Crippen LogP contribution in [0.2, 0.25) is 0 Å². The molecule has 1 fully saturated rings. The minimum absolute atomic E-state index is 0.199. The molecule has 20 heavy (non-hydrogen) atoms. The van der Waals surface area contributed by atoms with Crippen LogP contribution in [0.4, 0.5) is 0 Å². The predicted octanol–water partition coefficient (Wildman–Crippen LogP) is 3.66. The van der Waals surface area contributed by atoms with Crippen LogP contribution in [0.1, 0.15) is 42.4 Å². The highest BCUT2D eigenvalue weighted by Gasteiger charge is 2.24. The fourth-order valence-electron chi connectivity index (χ4n) is 2.60. The highest BCUT2D eigenvalue weighted by molar-refractivity contribution is 7.12. The molecule has 4 heteroatoms. The van der Waals surface area contributed by atoms with E-state index in [9.17, 15) is 10.1 Å². The first-order valence-electron chi connectivity index (χ1n) is 7.09. The van der Waals surface area contributed by atoms with Crippen LogP contribution in [-0.4, -0.2) is 11.9 Å². The molecule has 1 N–H and O–H groups in total. The van der Waals surface area contributed by atoms with Crippen molar-refractivity contribution in [3.05, 3.63) is 27.5 Å². The van der Waals surface area contributed by atoms with Crippen molar-refractivity contribution in [3.63, 3.8) is 0 Å². The molecule has 1 aromatic heterocycles. The molecule has 2 unspecified atom stereocenters. The van der Waals surface area contributed by atoms with Gasteiger partial charge in [0.15, 0.2) is 0 Å². The van der Waals surface area contributed by atoms with Gasteiger partial charge in [0.05, 0.1) is 0 Å². The lowest BCUT2D eigenvalue weighted by atomic mass is 9.86.